The number of rotatable bonds is 4. The Morgan fingerprint density at radius 1 is 1.17 bits per heavy atom. The van der Waals surface area contributed by atoms with Crippen LogP contribution in [-0.4, -0.2) is 37.3 Å². The molecule has 0 saturated heterocycles. The zero-order valence-corrected chi connectivity index (χ0v) is 30.0. The summed E-state index contributed by atoms with van der Waals surface area (Å²) in [6, 6.07) is 0. The minimum atomic E-state index is -2.30. The van der Waals surface area contributed by atoms with E-state index >= 15 is 0 Å². The van der Waals surface area contributed by atoms with Crippen molar-refractivity contribution in [2.45, 2.75) is 139 Å². The van der Waals surface area contributed by atoms with Crippen molar-refractivity contribution in [3.8, 4) is 0 Å². The summed E-state index contributed by atoms with van der Waals surface area (Å²) in [5.74, 6) is 0.378. The predicted molar refractivity (Wildman–Crippen MR) is 176 cm³/mol. The Morgan fingerprint density at radius 3 is 2.37 bits per heavy atom. The Morgan fingerprint density at radius 2 is 1.80 bits per heavy atom. The maximum Gasteiger partial charge on any atom is 0.309 e. The van der Waals surface area contributed by atoms with Crippen LogP contribution >= 0.6 is 11.3 Å². The third kappa shape index (κ3) is 9.72. The molecule has 232 valence electrons. The molecule has 0 spiro atoms. The first-order valence-electron chi connectivity index (χ1n) is 15.4. The third-order valence-electron chi connectivity index (χ3n) is 9.84. The normalized spacial score (nSPS) is 29.5. The van der Waals surface area contributed by atoms with Crippen LogP contribution in [0.3, 0.4) is 0 Å². The Labute approximate surface area is 255 Å². The van der Waals surface area contributed by atoms with E-state index in [1.165, 1.54) is 5.57 Å². The van der Waals surface area contributed by atoms with Gasteiger partial charge in [0.15, 0.2) is 8.32 Å². The monoisotopic (exact) mass is 603 g/mol. The third-order valence-corrected chi connectivity index (χ3v) is 15.1. The molecule has 5 unspecified atom stereocenters. The van der Waals surface area contributed by atoms with Gasteiger partial charge >= 0.3 is 5.97 Å². The van der Waals surface area contributed by atoms with Crippen LogP contribution in [0.2, 0.25) is 18.1 Å². The minimum absolute atomic E-state index is 0.0458. The summed E-state index contributed by atoms with van der Waals surface area (Å²) < 4.78 is 13.1. The van der Waals surface area contributed by atoms with E-state index in [-0.39, 0.29) is 35.0 Å². The molecule has 0 aliphatic carbocycles. The number of esters is 1. The molecule has 41 heavy (non-hydrogen) atoms. The van der Waals surface area contributed by atoms with Crippen LogP contribution in [0.15, 0.2) is 22.6 Å². The molecular formula is C34H57NO4SSi. The molecule has 0 amide bonds. The molecule has 0 bridgehead atoms. The maximum atomic E-state index is 14.2. The summed E-state index contributed by atoms with van der Waals surface area (Å²) in [6.45, 7) is 27.6. The summed E-state index contributed by atoms with van der Waals surface area (Å²) in [5.41, 5.74) is 2.31. The number of aryl methyl sites for hydroxylation is 1. The second kappa shape index (κ2) is 14.3. The van der Waals surface area contributed by atoms with Crippen molar-refractivity contribution in [3.63, 3.8) is 0 Å². The molecule has 1 aliphatic rings. The highest BCUT2D eigenvalue weighted by Crippen LogP contribution is 2.42. The van der Waals surface area contributed by atoms with E-state index in [4.69, 9.17) is 9.16 Å². The van der Waals surface area contributed by atoms with E-state index in [0.717, 1.165) is 35.5 Å². The summed E-state index contributed by atoms with van der Waals surface area (Å²) in [4.78, 5) is 32.4. The summed E-state index contributed by atoms with van der Waals surface area (Å²) >= 11 is 1.61. The van der Waals surface area contributed by atoms with Gasteiger partial charge in [-0.05, 0) is 75.2 Å². The highest BCUT2D eigenvalue weighted by Gasteiger charge is 2.48. The van der Waals surface area contributed by atoms with E-state index in [1.54, 1.807) is 11.3 Å². The lowest BCUT2D eigenvalue weighted by molar-refractivity contribution is -0.153. The molecule has 1 aliphatic heterocycles. The molecule has 1 aromatic heterocycles. The van der Waals surface area contributed by atoms with Gasteiger partial charge in [0.1, 0.15) is 11.9 Å². The molecule has 1 aromatic rings. The van der Waals surface area contributed by atoms with Crippen LogP contribution < -0.4 is 0 Å². The van der Waals surface area contributed by atoms with E-state index in [0.29, 0.717) is 12.3 Å². The van der Waals surface area contributed by atoms with Gasteiger partial charge in [0.2, 0.25) is 0 Å². The average Bonchev–Trinajstić information content (AvgIpc) is 3.27. The van der Waals surface area contributed by atoms with Crippen molar-refractivity contribution in [2.24, 2.45) is 23.2 Å². The second-order valence-electron chi connectivity index (χ2n) is 14.6. The first kappa shape index (κ1) is 35.6. The summed E-state index contributed by atoms with van der Waals surface area (Å²) in [7, 11) is -2.30. The number of allylic oxidation sites excluding steroid dienone is 1. The van der Waals surface area contributed by atoms with Crippen molar-refractivity contribution in [1.29, 1.82) is 0 Å². The molecule has 0 aromatic carbocycles. The quantitative estimate of drug-likeness (QED) is 0.195. The number of cyclic esters (lactones) is 1. The van der Waals surface area contributed by atoms with Crippen LogP contribution in [0.4, 0.5) is 0 Å². The summed E-state index contributed by atoms with van der Waals surface area (Å²) in [6.07, 6.45) is 7.09. The molecule has 5 nitrogen and oxygen atoms in total. The van der Waals surface area contributed by atoms with E-state index in [9.17, 15) is 9.59 Å². The number of ketones is 1. The number of carbonyl (C=O) groups excluding carboxylic acids is 2. The second-order valence-corrected chi connectivity index (χ2v) is 20.4. The fraction of sp³-hybridized carbons (Fsp3) is 0.735. The topological polar surface area (TPSA) is 65.5 Å². The first-order valence-corrected chi connectivity index (χ1v) is 19.2. The lowest BCUT2D eigenvalue weighted by Gasteiger charge is -2.44. The molecule has 0 radical (unpaired) electrons. The Balaban J connectivity index is 2.53. The Kier molecular flexibility index (Phi) is 12.4. The zero-order chi connectivity index (χ0) is 31.3. The molecule has 0 N–H and O–H groups in total. The van der Waals surface area contributed by atoms with Crippen molar-refractivity contribution in [1.82, 2.24) is 4.98 Å². The SMILES string of the molecule is C/C1=C/CC(/C(C)=C/c2csc(C)n2)OC(=O)CC(O[Si](C)(C)C(C)(C)C)C(C)(C)C(=O)C(C)C(C)C(C)CCC1. The first-order chi connectivity index (χ1) is 18.8. The van der Waals surface area contributed by atoms with E-state index < -0.39 is 25.9 Å². The largest absolute Gasteiger partial charge is 0.457 e. The van der Waals surface area contributed by atoms with Gasteiger partial charge in [0, 0.05) is 23.1 Å². The smallest absolute Gasteiger partial charge is 0.309 e. The van der Waals surface area contributed by atoms with E-state index in [1.807, 2.05) is 39.2 Å². The van der Waals surface area contributed by atoms with Gasteiger partial charge < -0.3 is 9.16 Å². The van der Waals surface area contributed by atoms with Crippen molar-refractivity contribution in [3.05, 3.63) is 33.3 Å². The van der Waals surface area contributed by atoms with Crippen LogP contribution in [-0.2, 0) is 18.8 Å². The number of aromatic nitrogens is 1. The van der Waals surface area contributed by atoms with E-state index in [2.05, 4.69) is 72.6 Å². The standard InChI is InChI=1S/C34H57NO4SSi/c1-22-15-14-16-23(2)25(4)26(5)32(37)34(10,11)30(39-41(12,13)33(7,8)9)20-31(36)38-29(18-17-22)24(3)19-28-21-40-27(6)35-28/h17,19,21,23,25-26,29-30H,14-16,18,20H2,1-13H3/b22-17-,24-19+. The maximum absolute atomic E-state index is 14.2. The lowest BCUT2D eigenvalue weighted by atomic mass is 9.70. The number of thiazole rings is 1. The number of nitrogens with zero attached hydrogens (tertiary/aromatic N) is 1. The zero-order valence-electron chi connectivity index (χ0n) is 28.1. The number of Topliss-reactive ketones (excluding diaryl/α,β-unsaturated/α-hetero) is 1. The fourth-order valence-corrected chi connectivity index (χ4v) is 7.30. The van der Waals surface area contributed by atoms with Crippen LogP contribution in [0.1, 0.15) is 112 Å². The van der Waals surface area contributed by atoms with Crippen LogP contribution in [0.25, 0.3) is 6.08 Å². The van der Waals surface area contributed by atoms with Gasteiger partial charge in [-0.3, -0.25) is 9.59 Å². The number of hydrogen-bond acceptors (Lipinski definition) is 6. The van der Waals surface area contributed by atoms with Crippen molar-refractivity contribution >= 4 is 37.5 Å². The van der Waals surface area contributed by atoms with Crippen LogP contribution in [0.5, 0.6) is 0 Å². The molecule has 5 atom stereocenters. The van der Waals surface area contributed by atoms with Crippen molar-refractivity contribution in [2.75, 3.05) is 0 Å². The number of hydrogen-bond donors (Lipinski definition) is 0. The molecule has 0 saturated carbocycles. The number of ether oxygens (including phenoxy) is 1. The highest BCUT2D eigenvalue weighted by molar-refractivity contribution is 7.09. The van der Waals surface area contributed by atoms with Gasteiger partial charge in [0.25, 0.3) is 0 Å². The minimum Gasteiger partial charge on any atom is -0.457 e. The van der Waals surface area contributed by atoms with Gasteiger partial charge in [-0.2, -0.15) is 0 Å². The Hall–Kier alpha value is -1.57. The average molecular weight is 604 g/mol. The molecule has 2 heterocycles. The van der Waals surface area contributed by atoms with Gasteiger partial charge in [0.05, 0.1) is 23.2 Å². The van der Waals surface area contributed by atoms with Gasteiger partial charge in [-0.15, -0.1) is 11.3 Å². The summed E-state index contributed by atoms with van der Waals surface area (Å²) in [5, 5.41) is 2.97. The lowest BCUT2D eigenvalue weighted by Crippen LogP contribution is -2.52. The molecule has 7 heteroatoms. The van der Waals surface area contributed by atoms with Gasteiger partial charge in [-0.25, -0.2) is 4.98 Å². The Bertz CT molecular complexity index is 1110. The number of carbonyl (C=O) groups is 2. The highest BCUT2D eigenvalue weighted by atomic mass is 32.1. The molecule has 2 rings (SSSR count). The van der Waals surface area contributed by atoms with Crippen LogP contribution in [0, 0.1) is 30.1 Å². The van der Waals surface area contributed by atoms with Crippen molar-refractivity contribution < 1.29 is 18.8 Å². The fourth-order valence-electron chi connectivity index (χ4n) is 5.29. The van der Waals surface area contributed by atoms with Gasteiger partial charge in [-0.1, -0.05) is 73.5 Å². The molecule has 0 fully saturated rings. The molecular weight excluding hydrogens is 547 g/mol. The predicted octanol–water partition coefficient (Wildman–Crippen LogP) is 9.57.